The smallest absolute Gasteiger partial charge is 0.417 e. The van der Waals surface area contributed by atoms with Gasteiger partial charge in [-0.05, 0) is 56.8 Å². The van der Waals surface area contributed by atoms with Crippen LogP contribution in [0.25, 0.3) is 32.1 Å². The number of halogens is 6. The molecule has 47 heavy (non-hydrogen) atoms. The fourth-order valence-corrected chi connectivity index (χ4v) is 8.52. The molecule has 2 atom stereocenters. The Kier molecular flexibility index (Phi) is 7.31. The van der Waals surface area contributed by atoms with E-state index in [0.29, 0.717) is 24.3 Å². The number of rotatable bonds is 6. The molecule has 0 bridgehead atoms. The first kappa shape index (κ1) is 31.7. The minimum Gasteiger partial charge on any atom is -0.461 e. The van der Waals surface area contributed by atoms with Crippen molar-refractivity contribution in [1.82, 2.24) is 14.9 Å². The van der Waals surface area contributed by atoms with Crippen molar-refractivity contribution >= 4 is 43.1 Å². The number of alkyl halides is 4. The summed E-state index contributed by atoms with van der Waals surface area (Å²) < 4.78 is 96.5. The second-order valence-electron chi connectivity index (χ2n) is 13.1. The zero-order valence-electron chi connectivity index (χ0n) is 25.4. The van der Waals surface area contributed by atoms with Gasteiger partial charge in [-0.25, -0.2) is 13.2 Å². The van der Waals surface area contributed by atoms with Crippen LogP contribution in [0.1, 0.15) is 50.2 Å². The van der Waals surface area contributed by atoms with Crippen molar-refractivity contribution in [2.75, 3.05) is 37.4 Å². The number of anilines is 2. The first-order valence-electron chi connectivity index (χ1n) is 15.1. The second kappa shape index (κ2) is 10.8. The van der Waals surface area contributed by atoms with Gasteiger partial charge in [-0.15, -0.1) is 11.3 Å². The van der Waals surface area contributed by atoms with E-state index in [1.807, 2.05) is 11.0 Å². The number of benzene rings is 2. The van der Waals surface area contributed by atoms with Crippen LogP contribution in [0.5, 0.6) is 6.01 Å². The zero-order valence-corrected chi connectivity index (χ0v) is 26.2. The minimum atomic E-state index is -5.10. The Morgan fingerprint density at radius 1 is 1.23 bits per heavy atom. The summed E-state index contributed by atoms with van der Waals surface area (Å²) in [4.78, 5) is 12.3. The first-order chi connectivity index (χ1) is 22.1. The van der Waals surface area contributed by atoms with E-state index in [1.54, 1.807) is 18.9 Å². The summed E-state index contributed by atoms with van der Waals surface area (Å²) in [5, 5.41) is 19.5. The number of hydrogen-bond acceptors (Lipinski definition) is 9. The molecule has 8 nitrogen and oxygen atoms in total. The Hall–Kier alpha value is -3.87. The average molecular weight is 677 g/mol. The Morgan fingerprint density at radius 3 is 2.66 bits per heavy atom. The molecule has 0 unspecified atom stereocenters. The maximum atomic E-state index is 16.9. The highest BCUT2D eigenvalue weighted by atomic mass is 32.1. The third kappa shape index (κ3) is 5.12. The molecule has 2 aliphatic heterocycles. The molecule has 2 aromatic carbocycles. The summed E-state index contributed by atoms with van der Waals surface area (Å²) in [6.07, 6.45) is -3.81. The van der Waals surface area contributed by atoms with Crippen LogP contribution in [0.15, 0.2) is 18.2 Å². The molecule has 248 valence electrons. The van der Waals surface area contributed by atoms with E-state index in [-0.39, 0.29) is 81.9 Å². The molecule has 7 rings (SSSR count). The highest BCUT2D eigenvalue weighted by Gasteiger charge is 2.49. The minimum absolute atomic E-state index is 0.00632. The van der Waals surface area contributed by atoms with Crippen molar-refractivity contribution in [3.8, 4) is 23.2 Å². The van der Waals surface area contributed by atoms with Crippen molar-refractivity contribution in [2.45, 2.75) is 68.6 Å². The Morgan fingerprint density at radius 2 is 1.98 bits per heavy atom. The normalized spacial score (nSPS) is 26.0. The Bertz CT molecular complexity index is 1970. The van der Waals surface area contributed by atoms with Crippen LogP contribution in [0.4, 0.5) is 37.2 Å². The van der Waals surface area contributed by atoms with E-state index >= 15 is 4.39 Å². The lowest BCUT2D eigenvalue weighted by molar-refractivity contribution is -0.137. The molecule has 3 N–H and O–H groups in total. The number of ether oxygens (including phenoxy) is 1. The summed E-state index contributed by atoms with van der Waals surface area (Å²) in [6, 6.07) is 3.82. The van der Waals surface area contributed by atoms with Crippen molar-refractivity contribution in [3.63, 3.8) is 0 Å². The first-order valence-corrected chi connectivity index (χ1v) is 15.9. The van der Waals surface area contributed by atoms with Crippen LogP contribution in [0, 0.1) is 23.0 Å². The summed E-state index contributed by atoms with van der Waals surface area (Å²) in [5.74, 6) is -2.24. The second-order valence-corrected chi connectivity index (χ2v) is 14.2. The van der Waals surface area contributed by atoms with Crippen LogP contribution in [-0.4, -0.2) is 70.1 Å². The highest BCUT2D eigenvalue weighted by Crippen LogP contribution is 2.49. The SMILES string of the molecule is CN(c1nc(OC[C@@]23CCCN2C[C@H](F)C3)nc2c(F)c(-c3ccc(F)c4sc(N)c(C#N)c34)c(C(F)(F)F)cc12)C1CC(C)(O)C1. The van der Waals surface area contributed by atoms with E-state index in [0.717, 1.165) is 24.6 Å². The predicted octanol–water partition coefficient (Wildman–Crippen LogP) is 6.57. The maximum Gasteiger partial charge on any atom is 0.417 e. The summed E-state index contributed by atoms with van der Waals surface area (Å²) in [5.41, 5.74) is 0.914. The topological polar surface area (TPSA) is 112 Å². The van der Waals surface area contributed by atoms with Gasteiger partial charge in [-0.3, -0.25) is 4.90 Å². The van der Waals surface area contributed by atoms with Gasteiger partial charge >= 0.3 is 12.2 Å². The Labute approximate surface area is 269 Å². The largest absolute Gasteiger partial charge is 0.461 e. The number of aromatic nitrogens is 2. The number of nitrogens with zero attached hydrogens (tertiary/aromatic N) is 5. The number of fused-ring (bicyclic) bond motifs is 3. The highest BCUT2D eigenvalue weighted by molar-refractivity contribution is 7.23. The molecule has 2 aromatic heterocycles. The van der Waals surface area contributed by atoms with E-state index in [2.05, 4.69) is 9.97 Å². The van der Waals surface area contributed by atoms with E-state index in [1.165, 1.54) is 0 Å². The molecule has 1 aliphatic carbocycles. The van der Waals surface area contributed by atoms with Gasteiger partial charge in [0.1, 0.15) is 41.0 Å². The van der Waals surface area contributed by atoms with Crippen molar-refractivity contribution in [2.24, 2.45) is 0 Å². The number of nitrogens with two attached hydrogens (primary N) is 1. The lowest BCUT2D eigenvalue weighted by Gasteiger charge is -2.46. The summed E-state index contributed by atoms with van der Waals surface area (Å²) >= 11 is 0.681. The van der Waals surface area contributed by atoms with Crippen LogP contribution in [-0.2, 0) is 6.18 Å². The molecular weight excluding hydrogens is 646 g/mol. The van der Waals surface area contributed by atoms with E-state index < -0.39 is 51.8 Å². The molecular formula is C32H30F6N6O2S. The molecule has 4 heterocycles. The van der Waals surface area contributed by atoms with Crippen molar-refractivity contribution in [3.05, 3.63) is 41.0 Å². The molecule has 4 aromatic rings. The molecule has 0 radical (unpaired) electrons. The molecule has 3 fully saturated rings. The van der Waals surface area contributed by atoms with Crippen molar-refractivity contribution in [1.29, 1.82) is 5.26 Å². The molecule has 0 spiro atoms. The van der Waals surface area contributed by atoms with Crippen molar-refractivity contribution < 1.29 is 36.2 Å². The zero-order chi connectivity index (χ0) is 33.6. The number of aliphatic hydroxyl groups is 1. The van der Waals surface area contributed by atoms with Gasteiger partial charge in [-0.2, -0.15) is 28.4 Å². The quantitative estimate of drug-likeness (QED) is 0.221. The van der Waals surface area contributed by atoms with Gasteiger partial charge in [0.05, 0.1) is 27.0 Å². The predicted molar refractivity (Wildman–Crippen MR) is 165 cm³/mol. The fourth-order valence-electron chi connectivity index (χ4n) is 7.57. The lowest BCUT2D eigenvalue weighted by Crippen LogP contribution is -2.52. The van der Waals surface area contributed by atoms with Crippen LogP contribution < -0.4 is 15.4 Å². The van der Waals surface area contributed by atoms with Gasteiger partial charge in [0.2, 0.25) is 0 Å². The Balaban J connectivity index is 1.45. The van der Waals surface area contributed by atoms with Gasteiger partial charge in [0, 0.05) is 42.4 Å². The van der Waals surface area contributed by atoms with Crippen LogP contribution in [0.3, 0.4) is 0 Å². The molecule has 0 amide bonds. The van der Waals surface area contributed by atoms with Crippen LogP contribution >= 0.6 is 11.3 Å². The lowest BCUT2D eigenvalue weighted by atomic mass is 9.76. The van der Waals surface area contributed by atoms with Gasteiger partial charge in [-0.1, -0.05) is 6.07 Å². The fraction of sp³-hybridized carbons (Fsp3) is 0.469. The number of hydrogen-bond donors (Lipinski definition) is 2. The number of thiophene rings is 1. The monoisotopic (exact) mass is 676 g/mol. The number of nitriles is 1. The molecule has 2 saturated heterocycles. The van der Waals surface area contributed by atoms with Gasteiger partial charge in [0.15, 0.2) is 5.82 Å². The van der Waals surface area contributed by atoms with Gasteiger partial charge in [0.25, 0.3) is 0 Å². The molecule has 1 saturated carbocycles. The third-order valence-electron chi connectivity index (χ3n) is 9.86. The molecule has 15 heteroatoms. The standard InChI is InChI=1S/C32H30F6N6O2S/c1-30(45)10-16(11-30)43(2)28-18-8-20(32(36,37)38)23(17-4-5-21(34)26-22(17)19(12-39)27(40)47-26)24(35)25(18)41-29(42-28)46-14-31-6-3-7-44(31)13-15(33)9-31/h4-5,8,15-16,45H,3,6-7,9-11,13-14,40H2,1-2H3/t15-,16?,30?,31+/m1/s1. The van der Waals surface area contributed by atoms with Crippen LogP contribution in [0.2, 0.25) is 0 Å². The summed E-state index contributed by atoms with van der Waals surface area (Å²) in [6.45, 7) is 2.59. The van der Waals surface area contributed by atoms with E-state index in [9.17, 15) is 32.3 Å². The average Bonchev–Trinajstić information content (AvgIpc) is 3.63. The summed E-state index contributed by atoms with van der Waals surface area (Å²) in [7, 11) is 1.59. The maximum absolute atomic E-state index is 16.9. The number of nitrogen functional groups attached to an aromatic ring is 1. The third-order valence-corrected chi connectivity index (χ3v) is 10.9. The van der Waals surface area contributed by atoms with Gasteiger partial charge < -0.3 is 20.5 Å². The van der Waals surface area contributed by atoms with E-state index in [4.69, 9.17) is 10.5 Å². The molecule has 3 aliphatic rings.